The molecule has 0 N–H and O–H groups in total. The van der Waals surface area contributed by atoms with Crippen molar-refractivity contribution in [3.8, 4) is 0 Å². The Hall–Kier alpha value is -0.350. The van der Waals surface area contributed by atoms with Crippen LogP contribution in [-0.2, 0) is 0 Å². The van der Waals surface area contributed by atoms with Crippen molar-refractivity contribution in [1.82, 2.24) is 0 Å². The summed E-state index contributed by atoms with van der Waals surface area (Å²) in [6.45, 7) is 8.50. The molecule has 2 radical (unpaired) electrons. The van der Waals surface area contributed by atoms with Crippen LogP contribution >= 0.6 is 8.58 Å². The van der Waals surface area contributed by atoms with E-state index in [1.165, 1.54) is 22.0 Å². The molecule has 0 fully saturated rings. The van der Waals surface area contributed by atoms with Gasteiger partial charge in [-0.15, -0.1) is 0 Å². The Bertz CT molecular complexity index is 253. The average Bonchev–Trinajstić information content (AvgIpc) is 1.96. The maximum atomic E-state index is 3.21. The van der Waals surface area contributed by atoms with Crippen LogP contribution in [0.15, 0.2) is 12.1 Å². The smallest absolute Gasteiger partial charge is 0.00954 e. The van der Waals surface area contributed by atoms with E-state index < -0.39 is 0 Å². The number of rotatable bonds is 2. The first-order valence-corrected chi connectivity index (χ1v) is 5.15. The van der Waals surface area contributed by atoms with E-state index in [4.69, 9.17) is 0 Å². The lowest BCUT2D eigenvalue weighted by molar-refractivity contribution is 1.36. The molecular formula is C11H15P. The van der Waals surface area contributed by atoms with Gasteiger partial charge in [-0.1, -0.05) is 33.2 Å². The molecule has 1 heteroatoms. The van der Waals surface area contributed by atoms with Gasteiger partial charge in [0.2, 0.25) is 0 Å². The van der Waals surface area contributed by atoms with Gasteiger partial charge in [0.15, 0.2) is 0 Å². The van der Waals surface area contributed by atoms with E-state index in [2.05, 4.69) is 39.1 Å². The van der Waals surface area contributed by atoms with Crippen LogP contribution in [0.2, 0.25) is 0 Å². The number of benzene rings is 1. The van der Waals surface area contributed by atoms with Crippen molar-refractivity contribution in [3.63, 3.8) is 0 Å². The summed E-state index contributed by atoms with van der Waals surface area (Å²) in [6.07, 6.45) is 3.21. The molecule has 64 valence electrons. The standard InChI is InChI=1S/C11H15P/c1-5-12-11-9(3)6-8(2)7-10(11)4/h6-7,12H,1-4H3. The minimum atomic E-state index is 0.731. The predicted octanol–water partition coefficient (Wildman–Crippen LogP) is 2.97. The normalized spacial score (nSPS) is 11.3. The highest BCUT2D eigenvalue weighted by Crippen LogP contribution is 2.19. The minimum Gasteiger partial charge on any atom is -0.0818 e. The number of aryl methyl sites for hydroxylation is 3. The Morgan fingerprint density at radius 3 is 2.00 bits per heavy atom. The van der Waals surface area contributed by atoms with Gasteiger partial charge in [-0.25, -0.2) is 0 Å². The highest BCUT2D eigenvalue weighted by Gasteiger charge is 2.01. The molecule has 0 saturated heterocycles. The van der Waals surface area contributed by atoms with Gasteiger partial charge in [-0.2, -0.15) is 0 Å². The molecule has 0 aliphatic rings. The lowest BCUT2D eigenvalue weighted by Crippen LogP contribution is -2.05. The second-order valence-corrected chi connectivity index (χ2v) is 4.40. The van der Waals surface area contributed by atoms with Crippen LogP contribution < -0.4 is 5.30 Å². The zero-order valence-corrected chi connectivity index (χ0v) is 9.15. The maximum Gasteiger partial charge on any atom is 0.00954 e. The van der Waals surface area contributed by atoms with Gasteiger partial charge in [-0.05, 0) is 37.2 Å². The van der Waals surface area contributed by atoms with Crippen molar-refractivity contribution in [3.05, 3.63) is 35.0 Å². The fourth-order valence-corrected chi connectivity index (χ4v) is 2.29. The van der Waals surface area contributed by atoms with Gasteiger partial charge in [0.05, 0.1) is 0 Å². The van der Waals surface area contributed by atoms with Crippen LogP contribution in [0, 0.1) is 26.9 Å². The molecule has 0 aromatic heterocycles. The number of hydrogen-bond acceptors (Lipinski definition) is 0. The van der Waals surface area contributed by atoms with Gasteiger partial charge in [0.1, 0.15) is 0 Å². The Morgan fingerprint density at radius 2 is 1.58 bits per heavy atom. The van der Waals surface area contributed by atoms with E-state index in [-0.39, 0.29) is 0 Å². The zero-order valence-electron chi connectivity index (χ0n) is 8.15. The van der Waals surface area contributed by atoms with Crippen LogP contribution in [0.25, 0.3) is 0 Å². The van der Waals surface area contributed by atoms with Crippen LogP contribution in [0.1, 0.15) is 23.6 Å². The van der Waals surface area contributed by atoms with E-state index in [0.29, 0.717) is 0 Å². The summed E-state index contributed by atoms with van der Waals surface area (Å²) in [5.74, 6) is 0. The van der Waals surface area contributed by atoms with Crippen molar-refractivity contribution < 1.29 is 0 Å². The van der Waals surface area contributed by atoms with Gasteiger partial charge < -0.3 is 0 Å². The van der Waals surface area contributed by atoms with Crippen molar-refractivity contribution in [2.24, 2.45) is 0 Å². The Kier molecular flexibility index (Phi) is 3.29. The molecule has 0 saturated carbocycles. The molecule has 0 bridgehead atoms. The first kappa shape index (κ1) is 9.74. The summed E-state index contributed by atoms with van der Waals surface area (Å²) < 4.78 is 0. The molecule has 0 spiro atoms. The third-order valence-corrected chi connectivity index (χ3v) is 3.22. The Labute approximate surface area is 77.2 Å². The average molecular weight is 178 g/mol. The molecule has 0 nitrogen and oxygen atoms in total. The molecular weight excluding hydrogens is 163 g/mol. The minimum absolute atomic E-state index is 0.731. The molecule has 0 amide bonds. The Balaban J connectivity index is 3.10. The molecule has 1 atom stereocenters. The fourth-order valence-electron chi connectivity index (χ4n) is 1.50. The van der Waals surface area contributed by atoms with Crippen molar-refractivity contribution in [2.75, 3.05) is 0 Å². The quantitative estimate of drug-likeness (QED) is 0.611. The molecule has 0 aliphatic carbocycles. The van der Waals surface area contributed by atoms with E-state index in [1.54, 1.807) is 0 Å². The second-order valence-electron chi connectivity index (χ2n) is 3.15. The summed E-state index contributed by atoms with van der Waals surface area (Å²) in [5.41, 5.74) is 4.16. The molecule has 12 heavy (non-hydrogen) atoms. The molecule has 1 rings (SSSR count). The SMILES string of the molecule is C[C]Pc1c(C)cc(C)cc1C. The second kappa shape index (κ2) is 4.05. The summed E-state index contributed by atoms with van der Waals surface area (Å²) in [7, 11) is 0.731. The van der Waals surface area contributed by atoms with Gasteiger partial charge in [0, 0.05) is 6.16 Å². The highest BCUT2D eigenvalue weighted by atomic mass is 31.1. The third-order valence-electron chi connectivity index (χ3n) is 1.93. The largest absolute Gasteiger partial charge is 0.0818 e. The molecule has 1 unspecified atom stereocenters. The summed E-state index contributed by atoms with van der Waals surface area (Å²) in [6, 6.07) is 4.49. The van der Waals surface area contributed by atoms with Gasteiger partial charge in [0.25, 0.3) is 0 Å². The molecule has 1 aromatic carbocycles. The monoisotopic (exact) mass is 178 g/mol. The van der Waals surface area contributed by atoms with E-state index in [0.717, 1.165) is 8.58 Å². The van der Waals surface area contributed by atoms with Crippen LogP contribution in [-0.4, -0.2) is 0 Å². The van der Waals surface area contributed by atoms with Gasteiger partial charge in [-0.3, -0.25) is 0 Å². The summed E-state index contributed by atoms with van der Waals surface area (Å²) >= 11 is 0. The van der Waals surface area contributed by atoms with Gasteiger partial charge >= 0.3 is 0 Å². The number of hydrogen-bond donors (Lipinski definition) is 0. The van der Waals surface area contributed by atoms with Crippen LogP contribution in [0.3, 0.4) is 0 Å². The molecule has 0 aliphatic heterocycles. The zero-order chi connectivity index (χ0) is 9.14. The lowest BCUT2D eigenvalue weighted by Gasteiger charge is -2.09. The van der Waals surface area contributed by atoms with E-state index >= 15 is 0 Å². The first-order chi connectivity index (χ1) is 5.65. The van der Waals surface area contributed by atoms with Crippen molar-refractivity contribution >= 4 is 13.9 Å². The predicted molar refractivity (Wildman–Crippen MR) is 57.5 cm³/mol. The van der Waals surface area contributed by atoms with Crippen LogP contribution in [0.4, 0.5) is 0 Å². The third kappa shape index (κ3) is 2.08. The van der Waals surface area contributed by atoms with Crippen LogP contribution in [0.5, 0.6) is 0 Å². The molecule has 1 aromatic rings. The first-order valence-electron chi connectivity index (χ1n) is 4.15. The van der Waals surface area contributed by atoms with E-state index in [1.807, 2.05) is 6.92 Å². The van der Waals surface area contributed by atoms with Crippen molar-refractivity contribution in [2.45, 2.75) is 27.7 Å². The lowest BCUT2D eigenvalue weighted by atomic mass is 10.1. The summed E-state index contributed by atoms with van der Waals surface area (Å²) in [5, 5.41) is 1.46. The fraction of sp³-hybridized carbons (Fsp3) is 0.364. The highest BCUT2D eigenvalue weighted by molar-refractivity contribution is 7.49. The Morgan fingerprint density at radius 1 is 1.08 bits per heavy atom. The molecule has 0 heterocycles. The van der Waals surface area contributed by atoms with Crippen molar-refractivity contribution in [1.29, 1.82) is 0 Å². The topological polar surface area (TPSA) is 0 Å². The summed E-state index contributed by atoms with van der Waals surface area (Å²) in [4.78, 5) is 0. The maximum absolute atomic E-state index is 3.21. The van der Waals surface area contributed by atoms with E-state index in [9.17, 15) is 0 Å².